The maximum Gasteiger partial charge on any atom is 0.303 e. The second-order valence-corrected chi connectivity index (χ2v) is 3.81. The number of aromatic nitrogens is 2. The minimum Gasteiger partial charge on any atom is -0.481 e. The summed E-state index contributed by atoms with van der Waals surface area (Å²) >= 11 is 0. The average Bonchev–Trinajstić information content (AvgIpc) is 2.28. The van der Waals surface area contributed by atoms with Crippen molar-refractivity contribution in [3.8, 4) is 0 Å². The Kier molecular flexibility index (Phi) is 3.28. The third-order valence-electron chi connectivity index (χ3n) is 2.18. The van der Waals surface area contributed by atoms with E-state index in [0.29, 0.717) is 0 Å². The van der Waals surface area contributed by atoms with Crippen molar-refractivity contribution in [2.45, 2.75) is 26.7 Å². The molecule has 0 amide bonds. The fraction of sp³-hybridized carbons (Fsp3) is 0.600. The van der Waals surface area contributed by atoms with E-state index >= 15 is 0 Å². The van der Waals surface area contributed by atoms with E-state index in [9.17, 15) is 4.79 Å². The van der Waals surface area contributed by atoms with E-state index in [4.69, 9.17) is 5.11 Å². The van der Waals surface area contributed by atoms with E-state index in [1.54, 1.807) is 0 Å². The van der Waals surface area contributed by atoms with Crippen molar-refractivity contribution < 1.29 is 9.90 Å². The summed E-state index contributed by atoms with van der Waals surface area (Å²) in [5, 5.41) is 12.8. The molecule has 0 aromatic carbocycles. The molecule has 1 N–H and O–H groups in total. The largest absolute Gasteiger partial charge is 0.481 e. The zero-order valence-electron chi connectivity index (χ0n) is 8.82. The molecular formula is C10H16N2O2. The number of carboxylic acids is 1. The van der Waals surface area contributed by atoms with Gasteiger partial charge in [-0.05, 0) is 25.3 Å². The molecular weight excluding hydrogens is 180 g/mol. The van der Waals surface area contributed by atoms with Gasteiger partial charge in [-0.1, -0.05) is 6.92 Å². The SMILES string of the molecule is Cc1cc(CC(C)CC(=O)O)n(C)n1. The monoisotopic (exact) mass is 196 g/mol. The molecule has 1 rings (SSSR count). The predicted octanol–water partition coefficient (Wildman–Crippen LogP) is 1.38. The van der Waals surface area contributed by atoms with E-state index in [2.05, 4.69) is 5.10 Å². The molecule has 4 heteroatoms. The zero-order chi connectivity index (χ0) is 10.7. The third kappa shape index (κ3) is 2.87. The lowest BCUT2D eigenvalue weighted by Crippen LogP contribution is -2.09. The number of rotatable bonds is 4. The maximum atomic E-state index is 10.5. The van der Waals surface area contributed by atoms with Crippen molar-refractivity contribution in [1.82, 2.24) is 9.78 Å². The van der Waals surface area contributed by atoms with E-state index < -0.39 is 5.97 Å². The van der Waals surface area contributed by atoms with Gasteiger partial charge in [-0.25, -0.2) is 0 Å². The first kappa shape index (κ1) is 10.8. The first-order valence-corrected chi connectivity index (χ1v) is 4.70. The minimum atomic E-state index is -0.739. The van der Waals surface area contributed by atoms with Gasteiger partial charge in [-0.3, -0.25) is 9.48 Å². The molecule has 0 spiro atoms. The molecule has 0 saturated heterocycles. The van der Waals surface area contributed by atoms with Crippen molar-refractivity contribution in [3.63, 3.8) is 0 Å². The molecule has 78 valence electrons. The lowest BCUT2D eigenvalue weighted by molar-refractivity contribution is -0.137. The van der Waals surface area contributed by atoms with Gasteiger partial charge in [0, 0.05) is 19.2 Å². The van der Waals surface area contributed by atoms with Crippen LogP contribution in [-0.2, 0) is 18.3 Å². The van der Waals surface area contributed by atoms with Crippen LogP contribution in [0.5, 0.6) is 0 Å². The Hall–Kier alpha value is -1.32. The van der Waals surface area contributed by atoms with E-state index in [1.807, 2.05) is 31.6 Å². The van der Waals surface area contributed by atoms with Crippen LogP contribution in [0.25, 0.3) is 0 Å². The summed E-state index contributed by atoms with van der Waals surface area (Å²) < 4.78 is 1.81. The number of carboxylic acid groups (broad SMARTS) is 1. The fourth-order valence-electron chi connectivity index (χ4n) is 1.58. The number of nitrogens with zero attached hydrogens (tertiary/aromatic N) is 2. The summed E-state index contributed by atoms with van der Waals surface area (Å²) in [6.45, 7) is 3.88. The molecule has 0 radical (unpaired) electrons. The van der Waals surface area contributed by atoms with Crippen LogP contribution < -0.4 is 0 Å². The summed E-state index contributed by atoms with van der Waals surface area (Å²) in [5.41, 5.74) is 2.07. The van der Waals surface area contributed by atoms with Gasteiger partial charge in [0.05, 0.1) is 5.69 Å². The minimum absolute atomic E-state index is 0.155. The Morgan fingerprint density at radius 1 is 1.71 bits per heavy atom. The second kappa shape index (κ2) is 4.26. The normalized spacial score (nSPS) is 12.8. The fourth-order valence-corrected chi connectivity index (χ4v) is 1.58. The molecule has 1 aromatic heterocycles. The van der Waals surface area contributed by atoms with E-state index in [1.165, 1.54) is 0 Å². The van der Waals surface area contributed by atoms with Crippen LogP contribution in [0, 0.1) is 12.8 Å². The average molecular weight is 196 g/mol. The molecule has 0 bridgehead atoms. The molecule has 0 saturated carbocycles. The van der Waals surface area contributed by atoms with Gasteiger partial charge in [0.2, 0.25) is 0 Å². The van der Waals surface area contributed by atoms with Gasteiger partial charge >= 0.3 is 5.97 Å². The van der Waals surface area contributed by atoms with Crippen molar-refractivity contribution in [3.05, 3.63) is 17.5 Å². The molecule has 1 aromatic rings. The van der Waals surface area contributed by atoms with Gasteiger partial charge in [0.1, 0.15) is 0 Å². The van der Waals surface area contributed by atoms with E-state index in [0.717, 1.165) is 17.8 Å². The Morgan fingerprint density at radius 2 is 2.36 bits per heavy atom. The van der Waals surface area contributed by atoms with Crippen LogP contribution in [0.3, 0.4) is 0 Å². The van der Waals surface area contributed by atoms with Crippen LogP contribution >= 0.6 is 0 Å². The van der Waals surface area contributed by atoms with Crippen LogP contribution in [0.15, 0.2) is 6.07 Å². The summed E-state index contributed by atoms with van der Waals surface area (Å²) in [6, 6.07) is 2.00. The van der Waals surface area contributed by atoms with Crippen LogP contribution in [-0.4, -0.2) is 20.9 Å². The molecule has 1 heterocycles. The lowest BCUT2D eigenvalue weighted by Gasteiger charge is -2.07. The Bertz CT molecular complexity index is 331. The first-order chi connectivity index (χ1) is 6.49. The topological polar surface area (TPSA) is 55.1 Å². The predicted molar refractivity (Wildman–Crippen MR) is 53.1 cm³/mol. The molecule has 1 unspecified atom stereocenters. The highest BCUT2D eigenvalue weighted by atomic mass is 16.4. The molecule has 14 heavy (non-hydrogen) atoms. The number of hydrogen-bond acceptors (Lipinski definition) is 2. The molecule has 0 aliphatic rings. The highest BCUT2D eigenvalue weighted by Crippen LogP contribution is 2.12. The van der Waals surface area contributed by atoms with Gasteiger partial charge < -0.3 is 5.11 Å². The highest BCUT2D eigenvalue weighted by Gasteiger charge is 2.11. The van der Waals surface area contributed by atoms with Gasteiger partial charge in [-0.15, -0.1) is 0 Å². The van der Waals surface area contributed by atoms with Crippen molar-refractivity contribution in [2.24, 2.45) is 13.0 Å². The molecule has 0 aliphatic carbocycles. The summed E-state index contributed by atoms with van der Waals surface area (Å²) in [7, 11) is 1.88. The van der Waals surface area contributed by atoms with Crippen LogP contribution in [0.1, 0.15) is 24.7 Å². The summed E-state index contributed by atoms with van der Waals surface area (Å²) in [5.74, 6) is -0.585. The van der Waals surface area contributed by atoms with Gasteiger partial charge in [0.25, 0.3) is 0 Å². The molecule has 0 fully saturated rings. The quantitative estimate of drug-likeness (QED) is 0.791. The number of carbonyl (C=O) groups is 1. The maximum absolute atomic E-state index is 10.5. The molecule has 0 aliphatic heterocycles. The van der Waals surface area contributed by atoms with Gasteiger partial charge in [-0.2, -0.15) is 5.10 Å². The van der Waals surface area contributed by atoms with Crippen molar-refractivity contribution in [2.75, 3.05) is 0 Å². The number of hydrogen-bond donors (Lipinski definition) is 1. The summed E-state index contributed by atoms with van der Waals surface area (Å²) in [4.78, 5) is 10.5. The Labute approximate surface area is 83.5 Å². The molecule has 4 nitrogen and oxygen atoms in total. The zero-order valence-corrected chi connectivity index (χ0v) is 8.82. The third-order valence-corrected chi connectivity index (χ3v) is 2.18. The van der Waals surface area contributed by atoms with Gasteiger partial charge in [0.15, 0.2) is 0 Å². The van der Waals surface area contributed by atoms with Crippen LogP contribution in [0.4, 0.5) is 0 Å². The second-order valence-electron chi connectivity index (χ2n) is 3.81. The number of aliphatic carboxylic acids is 1. The lowest BCUT2D eigenvalue weighted by atomic mass is 10.0. The highest BCUT2D eigenvalue weighted by molar-refractivity contribution is 5.66. The van der Waals surface area contributed by atoms with E-state index in [-0.39, 0.29) is 12.3 Å². The standard InChI is InChI=1S/C10H16N2O2/c1-7(5-10(13)14)4-9-6-8(2)11-12(9)3/h6-7H,4-5H2,1-3H3,(H,13,14). The Balaban J connectivity index is 2.59. The first-order valence-electron chi connectivity index (χ1n) is 4.70. The smallest absolute Gasteiger partial charge is 0.303 e. The Morgan fingerprint density at radius 3 is 2.79 bits per heavy atom. The van der Waals surface area contributed by atoms with Crippen molar-refractivity contribution in [1.29, 1.82) is 0 Å². The summed E-state index contributed by atoms with van der Waals surface area (Å²) in [6.07, 6.45) is 0.980. The van der Waals surface area contributed by atoms with Crippen LogP contribution in [0.2, 0.25) is 0 Å². The van der Waals surface area contributed by atoms with Crippen molar-refractivity contribution >= 4 is 5.97 Å². The molecule has 1 atom stereocenters. The number of aryl methyl sites for hydroxylation is 2.